The Kier molecular flexibility index (Phi) is 2.77. The molecule has 2 aromatic carbocycles. The molecule has 0 fully saturated rings. The number of rotatable bonds is 2. The van der Waals surface area contributed by atoms with Gasteiger partial charge in [0.15, 0.2) is 0 Å². The van der Waals surface area contributed by atoms with Crippen molar-refractivity contribution in [1.82, 2.24) is 0 Å². The van der Waals surface area contributed by atoms with E-state index in [-0.39, 0.29) is 0 Å². The number of aliphatic hydroxyl groups is 1. The van der Waals surface area contributed by atoms with Gasteiger partial charge in [0, 0.05) is 4.47 Å². The van der Waals surface area contributed by atoms with Crippen LogP contribution in [-0.2, 0) is 12.8 Å². The van der Waals surface area contributed by atoms with E-state index in [1.54, 1.807) is 0 Å². The van der Waals surface area contributed by atoms with Gasteiger partial charge in [-0.05, 0) is 47.2 Å². The maximum atomic E-state index is 10.3. The summed E-state index contributed by atoms with van der Waals surface area (Å²) in [6.07, 6.45) is 1.80. The fraction of sp³-hybridized carbons (Fsp3) is 0.200. The van der Waals surface area contributed by atoms with Gasteiger partial charge in [0.1, 0.15) is 6.10 Å². The molecule has 0 amide bonds. The number of halogens is 1. The highest BCUT2D eigenvalue weighted by molar-refractivity contribution is 9.10. The zero-order valence-electron chi connectivity index (χ0n) is 9.36. The first kappa shape index (κ1) is 11.0. The number of aryl methyl sites for hydroxylation is 2. The standard InChI is InChI=1S/C15H13BrO/c16-14-3-1-2-12(9-14)15(17)13-7-5-10-4-6-11(10)8-13/h1-3,5,7-9,15,17H,4,6H2. The molecule has 0 spiro atoms. The SMILES string of the molecule is OC(c1cccc(Br)c1)c1ccc2c(c1)CC2. The summed E-state index contributed by atoms with van der Waals surface area (Å²) < 4.78 is 0.998. The van der Waals surface area contributed by atoms with Crippen LogP contribution in [0.25, 0.3) is 0 Å². The van der Waals surface area contributed by atoms with Gasteiger partial charge in [-0.3, -0.25) is 0 Å². The second kappa shape index (κ2) is 4.28. The third-order valence-electron chi connectivity index (χ3n) is 3.37. The van der Waals surface area contributed by atoms with E-state index in [1.807, 2.05) is 30.3 Å². The third kappa shape index (κ3) is 2.03. The molecule has 86 valence electrons. The maximum absolute atomic E-state index is 10.3. The molecule has 0 radical (unpaired) electrons. The number of hydrogen-bond acceptors (Lipinski definition) is 1. The van der Waals surface area contributed by atoms with Gasteiger partial charge in [0.25, 0.3) is 0 Å². The molecule has 0 saturated carbocycles. The smallest absolute Gasteiger partial charge is 0.104 e. The summed E-state index contributed by atoms with van der Waals surface area (Å²) in [6.45, 7) is 0. The monoisotopic (exact) mass is 288 g/mol. The molecule has 0 heterocycles. The highest BCUT2D eigenvalue weighted by Gasteiger charge is 2.17. The lowest BCUT2D eigenvalue weighted by atomic mass is 9.86. The van der Waals surface area contributed by atoms with Crippen LogP contribution in [-0.4, -0.2) is 5.11 Å². The first-order valence-electron chi connectivity index (χ1n) is 5.79. The van der Waals surface area contributed by atoms with Crippen molar-refractivity contribution in [2.75, 3.05) is 0 Å². The van der Waals surface area contributed by atoms with Crippen LogP contribution in [0.2, 0.25) is 0 Å². The van der Waals surface area contributed by atoms with Crippen molar-refractivity contribution in [3.8, 4) is 0 Å². The van der Waals surface area contributed by atoms with E-state index >= 15 is 0 Å². The molecule has 1 unspecified atom stereocenters. The molecule has 0 saturated heterocycles. The van der Waals surface area contributed by atoms with Crippen molar-refractivity contribution >= 4 is 15.9 Å². The van der Waals surface area contributed by atoms with Crippen molar-refractivity contribution in [2.45, 2.75) is 18.9 Å². The van der Waals surface area contributed by atoms with E-state index < -0.39 is 6.10 Å². The van der Waals surface area contributed by atoms with Crippen molar-refractivity contribution in [3.63, 3.8) is 0 Å². The van der Waals surface area contributed by atoms with Crippen LogP contribution in [0, 0.1) is 0 Å². The largest absolute Gasteiger partial charge is 0.384 e. The third-order valence-corrected chi connectivity index (χ3v) is 3.87. The van der Waals surface area contributed by atoms with Gasteiger partial charge in [-0.1, -0.05) is 46.3 Å². The molecular weight excluding hydrogens is 276 g/mol. The predicted octanol–water partition coefficient (Wildman–Crippen LogP) is 3.63. The van der Waals surface area contributed by atoms with Crippen LogP contribution in [0.3, 0.4) is 0 Å². The van der Waals surface area contributed by atoms with Gasteiger partial charge in [0.05, 0.1) is 0 Å². The van der Waals surface area contributed by atoms with E-state index in [9.17, 15) is 5.11 Å². The molecular formula is C15H13BrO. The summed E-state index contributed by atoms with van der Waals surface area (Å²) >= 11 is 3.43. The number of hydrogen-bond donors (Lipinski definition) is 1. The van der Waals surface area contributed by atoms with Gasteiger partial charge in [-0.2, -0.15) is 0 Å². The first-order chi connectivity index (χ1) is 8.24. The molecule has 2 aromatic rings. The minimum absolute atomic E-state index is 0.529. The number of benzene rings is 2. The molecule has 3 rings (SSSR count). The highest BCUT2D eigenvalue weighted by Crippen LogP contribution is 2.29. The zero-order valence-corrected chi connectivity index (χ0v) is 10.9. The van der Waals surface area contributed by atoms with Crippen LogP contribution < -0.4 is 0 Å². The second-order valence-corrected chi connectivity index (χ2v) is 5.40. The summed E-state index contributed by atoms with van der Waals surface area (Å²) in [5.41, 5.74) is 4.73. The summed E-state index contributed by atoms with van der Waals surface area (Å²) in [7, 11) is 0. The van der Waals surface area contributed by atoms with Gasteiger partial charge in [-0.15, -0.1) is 0 Å². The van der Waals surface area contributed by atoms with Crippen LogP contribution >= 0.6 is 15.9 Å². The van der Waals surface area contributed by atoms with Crippen LogP contribution in [0.5, 0.6) is 0 Å². The van der Waals surface area contributed by atoms with Gasteiger partial charge >= 0.3 is 0 Å². The Labute approximate surface area is 109 Å². The first-order valence-corrected chi connectivity index (χ1v) is 6.58. The lowest BCUT2D eigenvalue weighted by Crippen LogP contribution is -2.10. The van der Waals surface area contributed by atoms with Crippen molar-refractivity contribution < 1.29 is 5.11 Å². The average molecular weight is 289 g/mol. The van der Waals surface area contributed by atoms with Crippen molar-refractivity contribution in [1.29, 1.82) is 0 Å². The second-order valence-electron chi connectivity index (χ2n) is 4.49. The zero-order chi connectivity index (χ0) is 11.8. The van der Waals surface area contributed by atoms with E-state index in [4.69, 9.17) is 0 Å². The fourth-order valence-corrected chi connectivity index (χ4v) is 2.67. The van der Waals surface area contributed by atoms with Crippen LogP contribution in [0.4, 0.5) is 0 Å². The summed E-state index contributed by atoms with van der Waals surface area (Å²) in [5.74, 6) is 0. The van der Waals surface area contributed by atoms with E-state index in [0.717, 1.165) is 22.0 Å². The fourth-order valence-electron chi connectivity index (χ4n) is 2.25. The molecule has 17 heavy (non-hydrogen) atoms. The quantitative estimate of drug-likeness (QED) is 0.895. The minimum Gasteiger partial charge on any atom is -0.384 e. The molecule has 1 aliphatic carbocycles. The summed E-state index contributed by atoms with van der Waals surface area (Å²) in [5, 5.41) is 10.3. The average Bonchev–Trinajstić information content (AvgIpc) is 2.30. The van der Waals surface area contributed by atoms with Gasteiger partial charge in [-0.25, -0.2) is 0 Å². The molecule has 1 atom stereocenters. The molecule has 2 heteroatoms. The Morgan fingerprint density at radius 1 is 0.941 bits per heavy atom. The van der Waals surface area contributed by atoms with E-state index in [1.165, 1.54) is 17.5 Å². The Hall–Kier alpha value is -1.12. The molecule has 1 N–H and O–H groups in total. The number of aliphatic hydroxyl groups excluding tert-OH is 1. The normalized spacial score (nSPS) is 14.9. The Morgan fingerprint density at radius 3 is 2.35 bits per heavy atom. The lowest BCUT2D eigenvalue weighted by molar-refractivity contribution is 0.220. The lowest BCUT2D eigenvalue weighted by Gasteiger charge is -2.21. The molecule has 0 aliphatic heterocycles. The Balaban J connectivity index is 1.95. The number of fused-ring (bicyclic) bond motifs is 1. The van der Waals surface area contributed by atoms with E-state index in [0.29, 0.717) is 0 Å². The molecule has 0 bridgehead atoms. The molecule has 0 aromatic heterocycles. The maximum Gasteiger partial charge on any atom is 0.104 e. The minimum atomic E-state index is -0.529. The van der Waals surface area contributed by atoms with Crippen molar-refractivity contribution in [2.24, 2.45) is 0 Å². The van der Waals surface area contributed by atoms with Gasteiger partial charge < -0.3 is 5.11 Å². The summed E-state index contributed by atoms with van der Waals surface area (Å²) in [6, 6.07) is 14.1. The summed E-state index contributed by atoms with van der Waals surface area (Å²) in [4.78, 5) is 0. The Morgan fingerprint density at radius 2 is 1.71 bits per heavy atom. The predicted molar refractivity (Wildman–Crippen MR) is 72.1 cm³/mol. The molecule has 1 nitrogen and oxygen atoms in total. The van der Waals surface area contributed by atoms with E-state index in [2.05, 4.69) is 28.1 Å². The topological polar surface area (TPSA) is 20.2 Å². The highest BCUT2D eigenvalue weighted by atomic mass is 79.9. The van der Waals surface area contributed by atoms with Gasteiger partial charge in [0.2, 0.25) is 0 Å². The van der Waals surface area contributed by atoms with Crippen LogP contribution in [0.15, 0.2) is 46.9 Å². The Bertz CT molecular complexity index is 563. The molecule has 1 aliphatic rings. The van der Waals surface area contributed by atoms with Crippen molar-refractivity contribution in [3.05, 3.63) is 69.2 Å². The van der Waals surface area contributed by atoms with Crippen LogP contribution in [0.1, 0.15) is 28.4 Å².